The highest BCUT2D eigenvalue weighted by atomic mass is 14.9. The Labute approximate surface area is 90.7 Å². The molecule has 2 unspecified atom stereocenters. The molecular formula is C13H29N. The van der Waals surface area contributed by atoms with E-state index in [2.05, 4.69) is 33.1 Å². The van der Waals surface area contributed by atoms with Gasteiger partial charge in [-0.05, 0) is 25.8 Å². The third-order valence-electron chi connectivity index (χ3n) is 3.26. The van der Waals surface area contributed by atoms with E-state index in [1.807, 2.05) is 0 Å². The van der Waals surface area contributed by atoms with Crippen molar-refractivity contribution in [3.05, 3.63) is 0 Å². The van der Waals surface area contributed by atoms with E-state index in [0.29, 0.717) is 0 Å². The first kappa shape index (κ1) is 14.0. The molecule has 86 valence electrons. The maximum atomic E-state index is 3.40. The second-order valence-electron chi connectivity index (χ2n) is 4.48. The first-order chi connectivity index (χ1) is 6.76. The van der Waals surface area contributed by atoms with Crippen LogP contribution < -0.4 is 5.32 Å². The topological polar surface area (TPSA) is 12.0 Å². The van der Waals surface area contributed by atoms with Crippen molar-refractivity contribution >= 4 is 0 Å². The summed E-state index contributed by atoms with van der Waals surface area (Å²) >= 11 is 0. The fraction of sp³-hybridized carbons (Fsp3) is 1.00. The zero-order chi connectivity index (χ0) is 10.8. The number of unbranched alkanes of at least 4 members (excludes halogenated alkanes) is 4. The second kappa shape index (κ2) is 9.51. The first-order valence-electron chi connectivity index (χ1n) is 6.43. The van der Waals surface area contributed by atoms with Crippen molar-refractivity contribution in [3.8, 4) is 0 Å². The van der Waals surface area contributed by atoms with Gasteiger partial charge in [-0.2, -0.15) is 0 Å². The van der Waals surface area contributed by atoms with Gasteiger partial charge in [0.05, 0.1) is 0 Å². The number of hydrogen-bond acceptors (Lipinski definition) is 1. The molecule has 0 heterocycles. The SMILES string of the molecule is CCCCCCCC(C)C(CC)NC. The molecule has 0 amide bonds. The van der Waals surface area contributed by atoms with Crippen molar-refractivity contribution in [1.82, 2.24) is 5.32 Å². The minimum absolute atomic E-state index is 0.723. The summed E-state index contributed by atoms with van der Waals surface area (Å²) in [6.07, 6.45) is 9.69. The molecule has 14 heavy (non-hydrogen) atoms. The van der Waals surface area contributed by atoms with Crippen LogP contribution in [-0.2, 0) is 0 Å². The zero-order valence-corrected chi connectivity index (χ0v) is 10.6. The molecule has 0 saturated heterocycles. The van der Waals surface area contributed by atoms with Crippen LogP contribution >= 0.6 is 0 Å². The summed E-state index contributed by atoms with van der Waals surface area (Å²) in [5.41, 5.74) is 0. The lowest BCUT2D eigenvalue weighted by Crippen LogP contribution is -2.31. The van der Waals surface area contributed by atoms with Gasteiger partial charge in [-0.3, -0.25) is 0 Å². The van der Waals surface area contributed by atoms with Gasteiger partial charge >= 0.3 is 0 Å². The van der Waals surface area contributed by atoms with Crippen molar-refractivity contribution in [1.29, 1.82) is 0 Å². The van der Waals surface area contributed by atoms with Gasteiger partial charge < -0.3 is 5.32 Å². The minimum atomic E-state index is 0.723. The van der Waals surface area contributed by atoms with E-state index in [1.165, 1.54) is 44.9 Å². The molecule has 0 aliphatic rings. The van der Waals surface area contributed by atoms with Crippen molar-refractivity contribution in [3.63, 3.8) is 0 Å². The molecule has 0 fully saturated rings. The summed E-state index contributed by atoms with van der Waals surface area (Å²) < 4.78 is 0. The Balaban J connectivity index is 3.37. The summed E-state index contributed by atoms with van der Waals surface area (Å²) in [5.74, 6) is 0.839. The molecule has 0 rings (SSSR count). The van der Waals surface area contributed by atoms with Gasteiger partial charge in [0.2, 0.25) is 0 Å². The van der Waals surface area contributed by atoms with E-state index in [1.54, 1.807) is 0 Å². The smallest absolute Gasteiger partial charge is 0.00870 e. The van der Waals surface area contributed by atoms with E-state index in [9.17, 15) is 0 Å². The van der Waals surface area contributed by atoms with Gasteiger partial charge in [-0.25, -0.2) is 0 Å². The van der Waals surface area contributed by atoms with Crippen LogP contribution in [-0.4, -0.2) is 13.1 Å². The van der Waals surface area contributed by atoms with Crippen LogP contribution in [0.15, 0.2) is 0 Å². The van der Waals surface area contributed by atoms with E-state index in [0.717, 1.165) is 12.0 Å². The van der Waals surface area contributed by atoms with Crippen LogP contribution in [0.2, 0.25) is 0 Å². The third kappa shape index (κ3) is 6.42. The maximum Gasteiger partial charge on any atom is 0.00870 e. The lowest BCUT2D eigenvalue weighted by Gasteiger charge is -2.21. The van der Waals surface area contributed by atoms with Crippen LogP contribution in [0.25, 0.3) is 0 Å². The predicted molar refractivity (Wildman–Crippen MR) is 65.7 cm³/mol. The van der Waals surface area contributed by atoms with Crippen LogP contribution in [0.3, 0.4) is 0 Å². The lowest BCUT2D eigenvalue weighted by atomic mass is 9.93. The highest BCUT2D eigenvalue weighted by Gasteiger charge is 2.11. The fourth-order valence-corrected chi connectivity index (χ4v) is 2.16. The Bertz CT molecular complexity index is 108. The molecule has 0 bridgehead atoms. The molecule has 2 atom stereocenters. The van der Waals surface area contributed by atoms with Crippen LogP contribution in [0, 0.1) is 5.92 Å². The van der Waals surface area contributed by atoms with Gasteiger partial charge in [-0.1, -0.05) is 52.9 Å². The molecule has 1 N–H and O–H groups in total. The Hall–Kier alpha value is -0.0400. The third-order valence-corrected chi connectivity index (χ3v) is 3.26. The highest BCUT2D eigenvalue weighted by Crippen LogP contribution is 2.16. The van der Waals surface area contributed by atoms with Gasteiger partial charge in [-0.15, -0.1) is 0 Å². The monoisotopic (exact) mass is 199 g/mol. The number of hydrogen-bond donors (Lipinski definition) is 1. The molecule has 0 aliphatic heterocycles. The number of rotatable bonds is 9. The Morgan fingerprint density at radius 3 is 2.14 bits per heavy atom. The average molecular weight is 199 g/mol. The quantitative estimate of drug-likeness (QED) is 0.554. The number of nitrogens with one attached hydrogen (secondary N) is 1. The van der Waals surface area contributed by atoms with E-state index < -0.39 is 0 Å². The van der Waals surface area contributed by atoms with Crippen LogP contribution in [0.5, 0.6) is 0 Å². The Morgan fingerprint density at radius 2 is 1.64 bits per heavy atom. The average Bonchev–Trinajstić information content (AvgIpc) is 2.19. The van der Waals surface area contributed by atoms with Crippen molar-refractivity contribution in [2.24, 2.45) is 5.92 Å². The largest absolute Gasteiger partial charge is 0.317 e. The molecular weight excluding hydrogens is 170 g/mol. The Kier molecular flexibility index (Phi) is 9.49. The van der Waals surface area contributed by atoms with E-state index >= 15 is 0 Å². The maximum absolute atomic E-state index is 3.40. The summed E-state index contributed by atoms with van der Waals surface area (Å²) in [7, 11) is 2.09. The lowest BCUT2D eigenvalue weighted by molar-refractivity contribution is 0.355. The Morgan fingerprint density at radius 1 is 1.00 bits per heavy atom. The molecule has 0 aromatic carbocycles. The second-order valence-corrected chi connectivity index (χ2v) is 4.48. The summed E-state index contributed by atoms with van der Waals surface area (Å²) in [6.45, 7) is 6.93. The molecule has 1 nitrogen and oxygen atoms in total. The molecule has 0 saturated carbocycles. The standard InChI is InChI=1S/C13H29N/c1-5-7-8-9-10-11-12(3)13(6-2)14-4/h12-14H,5-11H2,1-4H3. The van der Waals surface area contributed by atoms with Gasteiger partial charge in [0.1, 0.15) is 0 Å². The van der Waals surface area contributed by atoms with E-state index in [4.69, 9.17) is 0 Å². The first-order valence-corrected chi connectivity index (χ1v) is 6.43. The summed E-state index contributed by atoms with van der Waals surface area (Å²) in [6, 6.07) is 0.723. The normalized spacial score (nSPS) is 15.4. The van der Waals surface area contributed by atoms with Gasteiger partial charge in [0, 0.05) is 6.04 Å². The summed E-state index contributed by atoms with van der Waals surface area (Å²) in [5, 5.41) is 3.40. The molecule has 0 aromatic rings. The molecule has 0 aromatic heterocycles. The predicted octanol–water partition coefficient (Wildman–Crippen LogP) is 3.98. The van der Waals surface area contributed by atoms with Crippen molar-refractivity contribution in [2.75, 3.05) is 7.05 Å². The fourth-order valence-electron chi connectivity index (χ4n) is 2.16. The van der Waals surface area contributed by atoms with Gasteiger partial charge in [0.15, 0.2) is 0 Å². The van der Waals surface area contributed by atoms with Crippen molar-refractivity contribution < 1.29 is 0 Å². The molecule has 0 aliphatic carbocycles. The van der Waals surface area contributed by atoms with Gasteiger partial charge in [0.25, 0.3) is 0 Å². The zero-order valence-electron chi connectivity index (χ0n) is 10.6. The molecule has 1 heteroatoms. The van der Waals surface area contributed by atoms with Crippen LogP contribution in [0.1, 0.15) is 65.7 Å². The minimum Gasteiger partial charge on any atom is -0.317 e. The van der Waals surface area contributed by atoms with Crippen LogP contribution in [0.4, 0.5) is 0 Å². The van der Waals surface area contributed by atoms with Crippen molar-refractivity contribution in [2.45, 2.75) is 71.8 Å². The van der Waals surface area contributed by atoms with E-state index in [-0.39, 0.29) is 0 Å². The highest BCUT2D eigenvalue weighted by molar-refractivity contribution is 4.69. The summed E-state index contributed by atoms with van der Waals surface area (Å²) in [4.78, 5) is 0. The molecule has 0 spiro atoms. The molecule has 0 radical (unpaired) electrons.